The van der Waals surface area contributed by atoms with E-state index in [-0.39, 0.29) is 5.91 Å². The minimum atomic E-state index is 0.263. The number of carbonyl (C=O) groups excluding carboxylic acids is 1. The highest BCUT2D eigenvalue weighted by atomic mass is 32.2. The number of aromatic nitrogens is 2. The number of amides is 1. The van der Waals surface area contributed by atoms with Crippen LogP contribution in [-0.2, 0) is 4.79 Å². The second-order valence-corrected chi connectivity index (χ2v) is 7.62. The SMILES string of the molecule is CC(C)C1=CS/C(=C(/N)c2ccnc(NCCCN3CCCC3=O)n2)N1. The van der Waals surface area contributed by atoms with Gasteiger partial charge in [0.1, 0.15) is 5.03 Å². The monoisotopic (exact) mass is 374 g/mol. The maximum Gasteiger partial charge on any atom is 0.223 e. The van der Waals surface area contributed by atoms with E-state index in [1.165, 1.54) is 0 Å². The van der Waals surface area contributed by atoms with E-state index in [0.29, 0.717) is 29.7 Å². The standard InChI is InChI=1S/C18H26N6OS/c1-12(2)14-11-26-17(22-14)16(19)13-6-8-21-18(23-13)20-7-4-10-24-9-3-5-15(24)25/h6,8,11-12,22H,3-5,7,9-10,19H2,1-2H3,(H,20,21,23)/b17-16+. The van der Waals surface area contributed by atoms with Gasteiger partial charge in [-0.25, -0.2) is 9.97 Å². The molecular weight excluding hydrogens is 348 g/mol. The lowest BCUT2D eigenvalue weighted by Gasteiger charge is -2.15. The fourth-order valence-electron chi connectivity index (χ4n) is 2.84. The number of nitrogens with one attached hydrogen (secondary N) is 2. The van der Waals surface area contributed by atoms with Gasteiger partial charge in [-0.3, -0.25) is 4.79 Å². The van der Waals surface area contributed by atoms with Gasteiger partial charge in [0.15, 0.2) is 0 Å². The zero-order valence-electron chi connectivity index (χ0n) is 15.3. The third kappa shape index (κ3) is 4.49. The summed E-state index contributed by atoms with van der Waals surface area (Å²) in [7, 11) is 0. The molecule has 0 radical (unpaired) electrons. The number of nitrogens with zero attached hydrogens (tertiary/aromatic N) is 3. The minimum absolute atomic E-state index is 0.263. The van der Waals surface area contributed by atoms with Crippen molar-refractivity contribution in [2.24, 2.45) is 11.7 Å². The average Bonchev–Trinajstić information content (AvgIpc) is 3.28. The molecule has 26 heavy (non-hydrogen) atoms. The van der Waals surface area contributed by atoms with Gasteiger partial charge in [0.05, 0.1) is 11.4 Å². The van der Waals surface area contributed by atoms with E-state index in [4.69, 9.17) is 5.73 Å². The van der Waals surface area contributed by atoms with E-state index < -0.39 is 0 Å². The molecule has 0 atom stereocenters. The molecule has 1 fully saturated rings. The van der Waals surface area contributed by atoms with Crippen LogP contribution in [-0.4, -0.2) is 40.4 Å². The molecular formula is C18H26N6OS. The van der Waals surface area contributed by atoms with Crippen LogP contribution in [0.4, 0.5) is 5.95 Å². The Labute approximate surface area is 158 Å². The van der Waals surface area contributed by atoms with Gasteiger partial charge in [-0.15, -0.1) is 0 Å². The summed E-state index contributed by atoms with van der Waals surface area (Å²) in [5, 5.41) is 9.57. The van der Waals surface area contributed by atoms with Crippen molar-refractivity contribution in [3.05, 3.63) is 34.1 Å². The smallest absolute Gasteiger partial charge is 0.223 e. The maximum absolute atomic E-state index is 11.6. The molecule has 4 N–H and O–H groups in total. The van der Waals surface area contributed by atoms with E-state index >= 15 is 0 Å². The molecule has 0 spiro atoms. The van der Waals surface area contributed by atoms with Crippen molar-refractivity contribution < 1.29 is 4.79 Å². The second-order valence-electron chi connectivity index (χ2n) is 6.74. The number of anilines is 1. The van der Waals surface area contributed by atoms with Crippen molar-refractivity contribution in [3.8, 4) is 0 Å². The van der Waals surface area contributed by atoms with Crippen LogP contribution in [0, 0.1) is 5.92 Å². The predicted octanol–water partition coefficient (Wildman–Crippen LogP) is 2.32. The van der Waals surface area contributed by atoms with Crippen molar-refractivity contribution >= 4 is 29.3 Å². The molecule has 3 rings (SSSR count). The Morgan fingerprint density at radius 3 is 3.04 bits per heavy atom. The zero-order valence-corrected chi connectivity index (χ0v) is 16.1. The molecule has 0 aliphatic carbocycles. The van der Waals surface area contributed by atoms with Gasteiger partial charge in [0.25, 0.3) is 0 Å². The molecule has 8 heteroatoms. The van der Waals surface area contributed by atoms with Crippen molar-refractivity contribution in [1.82, 2.24) is 20.2 Å². The molecule has 0 unspecified atom stereocenters. The predicted molar refractivity (Wildman–Crippen MR) is 106 cm³/mol. The summed E-state index contributed by atoms with van der Waals surface area (Å²) in [5.41, 5.74) is 8.77. The van der Waals surface area contributed by atoms with Gasteiger partial charge in [-0.2, -0.15) is 0 Å². The molecule has 1 amide bonds. The summed E-state index contributed by atoms with van der Waals surface area (Å²) in [4.78, 5) is 22.3. The van der Waals surface area contributed by atoms with Crippen LogP contribution in [0.3, 0.4) is 0 Å². The van der Waals surface area contributed by atoms with Gasteiger partial charge in [-0.05, 0) is 30.2 Å². The first-order valence-electron chi connectivity index (χ1n) is 9.03. The van der Waals surface area contributed by atoms with Gasteiger partial charge in [0.2, 0.25) is 11.9 Å². The molecule has 1 saturated heterocycles. The molecule has 2 aliphatic rings. The summed E-state index contributed by atoms with van der Waals surface area (Å²) >= 11 is 1.59. The highest BCUT2D eigenvalue weighted by molar-refractivity contribution is 8.06. The number of rotatable bonds is 7. The molecule has 0 bridgehead atoms. The average molecular weight is 375 g/mol. The Morgan fingerprint density at radius 2 is 2.35 bits per heavy atom. The van der Waals surface area contributed by atoms with Crippen LogP contribution in [0.1, 0.15) is 38.8 Å². The molecule has 7 nitrogen and oxygen atoms in total. The van der Waals surface area contributed by atoms with Crippen molar-refractivity contribution in [2.45, 2.75) is 33.1 Å². The van der Waals surface area contributed by atoms with Crippen LogP contribution in [0.2, 0.25) is 0 Å². The largest absolute Gasteiger partial charge is 0.395 e. The first-order valence-corrected chi connectivity index (χ1v) is 9.91. The number of hydrogen-bond acceptors (Lipinski definition) is 7. The van der Waals surface area contributed by atoms with Crippen LogP contribution in [0.15, 0.2) is 28.4 Å². The Morgan fingerprint density at radius 1 is 1.50 bits per heavy atom. The van der Waals surface area contributed by atoms with Crippen molar-refractivity contribution in [3.63, 3.8) is 0 Å². The van der Waals surface area contributed by atoms with Gasteiger partial charge < -0.3 is 21.3 Å². The maximum atomic E-state index is 11.6. The second kappa shape index (κ2) is 8.44. The number of thioether (sulfide) groups is 1. The van der Waals surface area contributed by atoms with E-state index in [9.17, 15) is 4.79 Å². The minimum Gasteiger partial charge on any atom is -0.395 e. The lowest BCUT2D eigenvalue weighted by molar-refractivity contribution is -0.127. The zero-order chi connectivity index (χ0) is 18.5. The third-order valence-corrected chi connectivity index (χ3v) is 5.35. The van der Waals surface area contributed by atoms with Gasteiger partial charge in [-0.1, -0.05) is 25.6 Å². The molecule has 0 aromatic carbocycles. The van der Waals surface area contributed by atoms with Crippen molar-refractivity contribution in [1.29, 1.82) is 0 Å². The normalized spacial score (nSPS) is 19.0. The summed E-state index contributed by atoms with van der Waals surface area (Å²) in [6.07, 6.45) is 4.24. The number of carbonyl (C=O) groups is 1. The number of nitrogens with two attached hydrogens (primary N) is 1. The van der Waals surface area contributed by atoms with E-state index in [1.54, 1.807) is 18.0 Å². The van der Waals surface area contributed by atoms with Gasteiger partial charge >= 0.3 is 0 Å². The third-order valence-electron chi connectivity index (χ3n) is 4.42. The van der Waals surface area contributed by atoms with E-state index in [0.717, 1.165) is 43.2 Å². The molecule has 2 aliphatic heterocycles. The number of allylic oxidation sites excluding steroid dienone is 1. The molecule has 1 aromatic rings. The number of hydrogen-bond donors (Lipinski definition) is 3. The highest BCUT2D eigenvalue weighted by Gasteiger charge is 2.19. The molecule has 0 saturated carbocycles. The van der Waals surface area contributed by atoms with Crippen LogP contribution in [0.5, 0.6) is 0 Å². The fourth-order valence-corrected chi connectivity index (χ4v) is 3.83. The Bertz CT molecular complexity index is 730. The first-order chi connectivity index (χ1) is 12.5. The quantitative estimate of drug-likeness (QED) is 0.630. The first kappa shape index (κ1) is 18.6. The summed E-state index contributed by atoms with van der Waals surface area (Å²) in [6, 6.07) is 1.81. The van der Waals surface area contributed by atoms with Crippen LogP contribution in [0.25, 0.3) is 5.70 Å². The lowest BCUT2D eigenvalue weighted by Crippen LogP contribution is -2.27. The van der Waals surface area contributed by atoms with E-state index in [2.05, 4.69) is 39.9 Å². The molecule has 140 valence electrons. The van der Waals surface area contributed by atoms with E-state index in [1.807, 2.05) is 11.0 Å². The lowest BCUT2D eigenvalue weighted by atomic mass is 10.1. The molecule has 1 aromatic heterocycles. The van der Waals surface area contributed by atoms with Crippen LogP contribution >= 0.6 is 11.8 Å². The topological polar surface area (TPSA) is 96.2 Å². The highest BCUT2D eigenvalue weighted by Crippen LogP contribution is 2.31. The van der Waals surface area contributed by atoms with Gasteiger partial charge in [0, 0.05) is 37.9 Å². The Hall–Kier alpha value is -2.22. The van der Waals surface area contributed by atoms with Crippen molar-refractivity contribution in [2.75, 3.05) is 25.0 Å². The summed E-state index contributed by atoms with van der Waals surface area (Å²) < 4.78 is 0. The summed E-state index contributed by atoms with van der Waals surface area (Å²) in [6.45, 7) is 6.66. The van der Waals surface area contributed by atoms with Crippen LogP contribution < -0.4 is 16.4 Å². The fraction of sp³-hybridized carbons (Fsp3) is 0.500. The number of likely N-dealkylation sites (tertiary alicyclic amines) is 1. The Kier molecular flexibility index (Phi) is 6.03. The Balaban J connectivity index is 1.54. The summed E-state index contributed by atoms with van der Waals surface area (Å²) in [5.74, 6) is 1.25. The molecule has 3 heterocycles.